The molecule has 1 atom stereocenters. The fourth-order valence-electron chi connectivity index (χ4n) is 2.00. The Kier molecular flexibility index (Phi) is 6.99. The van der Waals surface area contributed by atoms with Gasteiger partial charge in [0.25, 0.3) is 0 Å². The average molecular weight is 327 g/mol. The van der Waals surface area contributed by atoms with E-state index in [2.05, 4.69) is 10.0 Å². The maximum absolute atomic E-state index is 11.9. The van der Waals surface area contributed by atoms with Gasteiger partial charge in [-0.3, -0.25) is 4.79 Å². The van der Waals surface area contributed by atoms with E-state index in [9.17, 15) is 13.2 Å². The van der Waals surface area contributed by atoms with Crippen LogP contribution in [0.1, 0.15) is 32.3 Å². The summed E-state index contributed by atoms with van der Waals surface area (Å²) in [5, 5.41) is 2.58. The summed E-state index contributed by atoms with van der Waals surface area (Å²) in [6.07, 6.45) is 1.34. The van der Waals surface area contributed by atoms with Crippen LogP contribution in [0.3, 0.4) is 0 Å². The van der Waals surface area contributed by atoms with Crippen molar-refractivity contribution in [2.45, 2.75) is 38.8 Å². The molecule has 4 N–H and O–H groups in total. The molecule has 0 spiro atoms. The lowest BCUT2D eigenvalue weighted by molar-refractivity contribution is -0.125. The van der Waals surface area contributed by atoms with E-state index < -0.39 is 15.6 Å². The van der Waals surface area contributed by atoms with Gasteiger partial charge in [0.1, 0.15) is 0 Å². The topological polar surface area (TPSA) is 101 Å². The highest BCUT2D eigenvalue weighted by atomic mass is 32.2. The van der Waals surface area contributed by atoms with Crippen molar-refractivity contribution in [3.05, 3.63) is 35.9 Å². The van der Waals surface area contributed by atoms with Gasteiger partial charge in [-0.2, -0.15) is 0 Å². The van der Waals surface area contributed by atoms with Crippen LogP contribution in [0.5, 0.6) is 0 Å². The van der Waals surface area contributed by atoms with Crippen LogP contribution in [0.25, 0.3) is 0 Å². The fourth-order valence-corrected chi connectivity index (χ4v) is 2.90. The summed E-state index contributed by atoms with van der Waals surface area (Å²) in [6, 6.07) is 9.25. The lowest BCUT2D eigenvalue weighted by Crippen LogP contribution is -2.52. The van der Waals surface area contributed by atoms with E-state index in [-0.39, 0.29) is 24.7 Å². The first-order valence-corrected chi connectivity index (χ1v) is 9.00. The molecule has 7 heteroatoms. The maximum Gasteiger partial charge on any atom is 0.239 e. The first kappa shape index (κ1) is 18.6. The van der Waals surface area contributed by atoms with Crippen LogP contribution >= 0.6 is 0 Å². The van der Waals surface area contributed by atoms with Gasteiger partial charge in [0.15, 0.2) is 0 Å². The molecule has 124 valence electrons. The number of nitrogens with one attached hydrogen (secondary N) is 2. The summed E-state index contributed by atoms with van der Waals surface area (Å²) < 4.78 is 26.2. The monoisotopic (exact) mass is 327 g/mol. The summed E-state index contributed by atoms with van der Waals surface area (Å²) in [7, 11) is -3.44. The van der Waals surface area contributed by atoms with E-state index in [0.717, 1.165) is 12.0 Å². The Hall–Kier alpha value is -1.44. The predicted molar refractivity (Wildman–Crippen MR) is 87.6 cm³/mol. The minimum absolute atomic E-state index is 0.0411. The molecule has 1 amide bonds. The third-order valence-corrected chi connectivity index (χ3v) is 4.61. The Bertz CT molecular complexity index is 571. The number of amides is 1. The fraction of sp³-hybridized carbons (Fsp3) is 0.533. The predicted octanol–water partition coefficient (Wildman–Crippen LogP) is 0.740. The van der Waals surface area contributed by atoms with Crippen molar-refractivity contribution in [2.75, 3.05) is 12.3 Å². The second kappa shape index (κ2) is 8.26. The third-order valence-electron chi connectivity index (χ3n) is 3.28. The molecule has 22 heavy (non-hydrogen) atoms. The van der Waals surface area contributed by atoms with Gasteiger partial charge in [0.05, 0.1) is 11.3 Å². The second-order valence-corrected chi connectivity index (χ2v) is 7.48. The van der Waals surface area contributed by atoms with Crippen molar-refractivity contribution >= 4 is 15.9 Å². The molecule has 0 fully saturated rings. The number of hydrogen-bond donors (Lipinski definition) is 3. The summed E-state index contributed by atoms with van der Waals surface area (Å²) in [6.45, 7) is 3.87. The van der Waals surface area contributed by atoms with E-state index in [1.54, 1.807) is 6.92 Å². The molecule has 1 aromatic rings. The minimum atomic E-state index is -3.44. The Balaban J connectivity index is 2.38. The van der Waals surface area contributed by atoms with Gasteiger partial charge >= 0.3 is 0 Å². The number of sulfonamides is 1. The number of rotatable bonds is 9. The Labute approximate surface area is 132 Å². The highest BCUT2D eigenvalue weighted by Gasteiger charge is 2.26. The van der Waals surface area contributed by atoms with Crippen molar-refractivity contribution in [3.8, 4) is 0 Å². The zero-order valence-corrected chi connectivity index (χ0v) is 13.9. The zero-order valence-electron chi connectivity index (χ0n) is 13.1. The van der Waals surface area contributed by atoms with Gasteiger partial charge in [-0.25, -0.2) is 13.1 Å². The maximum atomic E-state index is 11.9. The van der Waals surface area contributed by atoms with Crippen LogP contribution in [-0.4, -0.2) is 32.2 Å². The van der Waals surface area contributed by atoms with Crippen LogP contribution in [0.2, 0.25) is 0 Å². The highest BCUT2D eigenvalue weighted by Crippen LogP contribution is 2.08. The number of carbonyl (C=O) groups is 1. The van der Waals surface area contributed by atoms with Crippen molar-refractivity contribution < 1.29 is 13.2 Å². The van der Waals surface area contributed by atoms with E-state index >= 15 is 0 Å². The summed E-state index contributed by atoms with van der Waals surface area (Å²) in [4.78, 5) is 11.9. The van der Waals surface area contributed by atoms with Gasteiger partial charge in [0.2, 0.25) is 15.9 Å². The largest absolute Gasteiger partial charge is 0.353 e. The average Bonchev–Trinajstić information content (AvgIpc) is 2.46. The van der Waals surface area contributed by atoms with Crippen LogP contribution < -0.4 is 15.8 Å². The SMILES string of the molecule is CCCC(C)(N)C(=O)NCCS(=O)(=O)NCc1ccccc1. The molecule has 0 bridgehead atoms. The molecule has 6 nitrogen and oxygen atoms in total. The van der Waals surface area contributed by atoms with Crippen LogP contribution in [0, 0.1) is 0 Å². The molecule has 0 aromatic heterocycles. The lowest BCUT2D eigenvalue weighted by Gasteiger charge is -2.22. The third kappa shape index (κ3) is 6.55. The van der Waals surface area contributed by atoms with Crippen molar-refractivity contribution in [1.29, 1.82) is 0 Å². The molecule has 0 aliphatic rings. The van der Waals surface area contributed by atoms with Crippen molar-refractivity contribution in [1.82, 2.24) is 10.0 Å². The number of carbonyl (C=O) groups excluding carboxylic acids is 1. The molecule has 0 saturated carbocycles. The first-order valence-electron chi connectivity index (χ1n) is 7.35. The molecule has 0 saturated heterocycles. The molecule has 1 unspecified atom stereocenters. The number of benzene rings is 1. The molecule has 1 aromatic carbocycles. The van der Waals surface area contributed by atoms with E-state index in [4.69, 9.17) is 5.73 Å². The van der Waals surface area contributed by atoms with Crippen LogP contribution in [-0.2, 0) is 21.4 Å². The summed E-state index contributed by atoms with van der Waals surface area (Å²) in [5.74, 6) is -0.499. The van der Waals surface area contributed by atoms with E-state index in [0.29, 0.717) is 6.42 Å². The molecule has 0 aliphatic heterocycles. The Morgan fingerprint density at radius 1 is 1.27 bits per heavy atom. The standard InChI is InChI=1S/C15H25N3O3S/c1-3-9-15(2,16)14(19)17-10-11-22(20,21)18-12-13-7-5-4-6-8-13/h4-8,18H,3,9-12,16H2,1-2H3,(H,17,19). The first-order chi connectivity index (χ1) is 10.3. The van der Waals surface area contributed by atoms with Gasteiger partial charge in [-0.15, -0.1) is 0 Å². The van der Waals surface area contributed by atoms with Crippen molar-refractivity contribution in [3.63, 3.8) is 0 Å². The number of nitrogens with two attached hydrogens (primary N) is 1. The second-order valence-electron chi connectivity index (χ2n) is 5.55. The zero-order chi connectivity index (χ0) is 16.6. The smallest absolute Gasteiger partial charge is 0.239 e. The molecule has 0 aliphatic carbocycles. The van der Waals surface area contributed by atoms with Crippen LogP contribution in [0.4, 0.5) is 0 Å². The van der Waals surface area contributed by atoms with Gasteiger partial charge in [-0.05, 0) is 18.9 Å². The lowest BCUT2D eigenvalue weighted by atomic mass is 9.97. The van der Waals surface area contributed by atoms with E-state index in [1.807, 2.05) is 37.3 Å². The number of hydrogen-bond acceptors (Lipinski definition) is 4. The van der Waals surface area contributed by atoms with Gasteiger partial charge in [0, 0.05) is 13.1 Å². The highest BCUT2D eigenvalue weighted by molar-refractivity contribution is 7.89. The quantitative estimate of drug-likeness (QED) is 0.622. The van der Waals surface area contributed by atoms with E-state index in [1.165, 1.54) is 0 Å². The normalized spacial score (nSPS) is 14.3. The van der Waals surface area contributed by atoms with Gasteiger partial charge in [-0.1, -0.05) is 43.7 Å². The molecular formula is C15H25N3O3S. The minimum Gasteiger partial charge on any atom is -0.353 e. The molecule has 0 heterocycles. The molecule has 0 radical (unpaired) electrons. The summed E-state index contributed by atoms with van der Waals surface area (Å²) in [5.41, 5.74) is 5.80. The molecule has 1 rings (SSSR count). The summed E-state index contributed by atoms with van der Waals surface area (Å²) >= 11 is 0. The van der Waals surface area contributed by atoms with Crippen LogP contribution in [0.15, 0.2) is 30.3 Å². The van der Waals surface area contributed by atoms with Gasteiger partial charge < -0.3 is 11.1 Å². The Morgan fingerprint density at radius 3 is 2.50 bits per heavy atom. The molecular weight excluding hydrogens is 302 g/mol. The Morgan fingerprint density at radius 2 is 1.91 bits per heavy atom. The van der Waals surface area contributed by atoms with Crippen molar-refractivity contribution in [2.24, 2.45) is 5.73 Å².